The summed E-state index contributed by atoms with van der Waals surface area (Å²) in [6.45, 7) is 0. The number of hydrogen-bond acceptors (Lipinski definition) is 5. The summed E-state index contributed by atoms with van der Waals surface area (Å²) in [4.78, 5) is 15.2. The summed E-state index contributed by atoms with van der Waals surface area (Å²) < 4.78 is 9.29. The van der Waals surface area contributed by atoms with Gasteiger partial charge in [0.25, 0.3) is 0 Å². The SMILES string of the molecule is c1ccc(-c2ccc(-c3nc(-c4ccccc4)nc(-c4ccc(-c5cccc6sc7ccccc7c56)c5c4oc4ccccc45)n3)cc2)cc1. The van der Waals surface area contributed by atoms with Crippen molar-refractivity contribution in [1.82, 2.24) is 15.0 Å². The first-order valence-corrected chi connectivity index (χ1v) is 17.4. The van der Waals surface area contributed by atoms with Crippen LogP contribution >= 0.6 is 11.3 Å². The second-order valence-corrected chi connectivity index (χ2v) is 13.4. The van der Waals surface area contributed by atoms with Crippen LogP contribution in [0.1, 0.15) is 0 Å². The smallest absolute Gasteiger partial charge is 0.167 e. The highest BCUT2D eigenvalue weighted by Gasteiger charge is 2.22. The van der Waals surface area contributed by atoms with E-state index in [2.05, 4.69) is 115 Å². The molecule has 0 N–H and O–H groups in total. The number of rotatable bonds is 5. The molecule has 0 spiro atoms. The summed E-state index contributed by atoms with van der Waals surface area (Å²) in [6.07, 6.45) is 0. The molecule has 0 aliphatic carbocycles. The largest absolute Gasteiger partial charge is 0.455 e. The maximum absolute atomic E-state index is 6.74. The van der Waals surface area contributed by atoms with Gasteiger partial charge in [-0.05, 0) is 46.5 Å². The van der Waals surface area contributed by atoms with Gasteiger partial charge in [-0.3, -0.25) is 0 Å². The van der Waals surface area contributed by atoms with Gasteiger partial charge < -0.3 is 4.42 Å². The zero-order valence-corrected chi connectivity index (χ0v) is 27.6. The highest BCUT2D eigenvalue weighted by Crippen LogP contribution is 2.46. The molecule has 0 radical (unpaired) electrons. The molecule has 5 heteroatoms. The fourth-order valence-electron chi connectivity index (χ4n) is 7.01. The topological polar surface area (TPSA) is 51.8 Å². The van der Waals surface area contributed by atoms with Gasteiger partial charge in [0.05, 0.1) is 5.56 Å². The summed E-state index contributed by atoms with van der Waals surface area (Å²) in [6, 6.07) is 56.7. The fraction of sp³-hybridized carbons (Fsp3) is 0. The molecule has 0 saturated heterocycles. The van der Waals surface area contributed by atoms with E-state index in [4.69, 9.17) is 19.4 Å². The van der Waals surface area contributed by atoms with Gasteiger partial charge in [-0.15, -0.1) is 11.3 Å². The molecule has 0 bridgehead atoms. The van der Waals surface area contributed by atoms with Gasteiger partial charge in [0.15, 0.2) is 17.5 Å². The van der Waals surface area contributed by atoms with Crippen LogP contribution in [0.25, 0.3) is 98.5 Å². The molecule has 3 heterocycles. The summed E-state index contributed by atoms with van der Waals surface area (Å²) in [7, 11) is 0. The second-order valence-electron chi connectivity index (χ2n) is 12.4. The average molecular weight is 658 g/mol. The predicted molar refractivity (Wildman–Crippen MR) is 207 cm³/mol. The van der Waals surface area contributed by atoms with E-state index in [1.807, 2.05) is 59.9 Å². The molecule has 4 nitrogen and oxygen atoms in total. The van der Waals surface area contributed by atoms with Crippen molar-refractivity contribution in [2.45, 2.75) is 0 Å². The van der Waals surface area contributed by atoms with Crippen molar-refractivity contribution >= 4 is 53.4 Å². The Balaban J connectivity index is 1.21. The Labute approximate surface area is 292 Å². The number of thiophene rings is 1. The molecular weight excluding hydrogens is 631 g/mol. The zero-order valence-electron chi connectivity index (χ0n) is 26.7. The minimum Gasteiger partial charge on any atom is -0.455 e. The Morgan fingerprint density at radius 1 is 0.360 bits per heavy atom. The second kappa shape index (κ2) is 11.6. The van der Waals surface area contributed by atoms with Crippen LogP contribution in [0.15, 0.2) is 168 Å². The summed E-state index contributed by atoms with van der Waals surface area (Å²) in [5, 5.41) is 4.64. The van der Waals surface area contributed by atoms with Crippen molar-refractivity contribution < 1.29 is 4.42 Å². The minimum absolute atomic E-state index is 0.566. The van der Waals surface area contributed by atoms with Crippen LogP contribution in [-0.2, 0) is 0 Å². The lowest BCUT2D eigenvalue weighted by atomic mass is 9.94. The van der Waals surface area contributed by atoms with Gasteiger partial charge >= 0.3 is 0 Å². The maximum Gasteiger partial charge on any atom is 0.167 e. The monoisotopic (exact) mass is 657 g/mol. The molecule has 10 rings (SSSR count). The predicted octanol–water partition coefficient (Wildman–Crippen LogP) is 12.5. The number of fused-ring (bicyclic) bond motifs is 6. The van der Waals surface area contributed by atoms with E-state index < -0.39 is 0 Å². The Morgan fingerprint density at radius 3 is 1.68 bits per heavy atom. The lowest BCUT2D eigenvalue weighted by Gasteiger charge is -2.11. The van der Waals surface area contributed by atoms with Crippen molar-refractivity contribution in [2.75, 3.05) is 0 Å². The molecule has 10 aromatic rings. The number of para-hydroxylation sites is 1. The van der Waals surface area contributed by atoms with Crippen molar-refractivity contribution in [2.24, 2.45) is 0 Å². The molecule has 0 fully saturated rings. The molecule has 0 aliphatic rings. The highest BCUT2D eigenvalue weighted by atomic mass is 32.1. The lowest BCUT2D eigenvalue weighted by Crippen LogP contribution is -2.00. The summed E-state index contributed by atoms with van der Waals surface area (Å²) >= 11 is 1.83. The molecule has 0 saturated carbocycles. The normalized spacial score (nSPS) is 11.6. The molecule has 234 valence electrons. The van der Waals surface area contributed by atoms with E-state index >= 15 is 0 Å². The fourth-order valence-corrected chi connectivity index (χ4v) is 8.14. The third-order valence-corrected chi connectivity index (χ3v) is 10.5. The minimum atomic E-state index is 0.566. The van der Waals surface area contributed by atoms with Crippen LogP contribution in [0.2, 0.25) is 0 Å². The highest BCUT2D eigenvalue weighted by molar-refractivity contribution is 7.25. The van der Waals surface area contributed by atoms with Crippen molar-refractivity contribution in [3.63, 3.8) is 0 Å². The summed E-state index contributed by atoms with van der Waals surface area (Å²) in [5.41, 5.74) is 8.86. The van der Waals surface area contributed by atoms with Crippen molar-refractivity contribution in [3.05, 3.63) is 164 Å². The Kier molecular flexibility index (Phi) is 6.64. The van der Waals surface area contributed by atoms with Crippen LogP contribution in [0.4, 0.5) is 0 Å². The number of benzene rings is 7. The van der Waals surface area contributed by atoms with Gasteiger partial charge in [-0.25, -0.2) is 15.0 Å². The lowest BCUT2D eigenvalue weighted by molar-refractivity contribution is 0.669. The van der Waals surface area contributed by atoms with Gasteiger partial charge in [-0.1, -0.05) is 140 Å². The third-order valence-electron chi connectivity index (χ3n) is 9.38. The molecule has 7 aromatic carbocycles. The summed E-state index contributed by atoms with van der Waals surface area (Å²) in [5.74, 6) is 1.78. The molecule has 3 aromatic heterocycles. The molecule has 0 aliphatic heterocycles. The van der Waals surface area contributed by atoms with Crippen LogP contribution in [0.5, 0.6) is 0 Å². The van der Waals surface area contributed by atoms with E-state index in [1.165, 1.54) is 31.3 Å². The van der Waals surface area contributed by atoms with E-state index in [0.717, 1.165) is 49.8 Å². The van der Waals surface area contributed by atoms with Gasteiger partial charge in [0, 0.05) is 42.1 Å². The maximum atomic E-state index is 6.74. The Bertz CT molecular complexity index is 2860. The first-order chi connectivity index (χ1) is 24.8. The van der Waals surface area contributed by atoms with E-state index in [9.17, 15) is 0 Å². The quantitative estimate of drug-likeness (QED) is 0.185. The van der Waals surface area contributed by atoms with Crippen LogP contribution in [-0.4, -0.2) is 15.0 Å². The number of hydrogen-bond donors (Lipinski definition) is 0. The molecule has 0 amide bonds. The third kappa shape index (κ3) is 4.71. The number of aromatic nitrogens is 3. The van der Waals surface area contributed by atoms with E-state index in [0.29, 0.717) is 17.5 Å². The van der Waals surface area contributed by atoms with E-state index in [-0.39, 0.29) is 0 Å². The number of furan rings is 1. The van der Waals surface area contributed by atoms with Gasteiger partial charge in [0.2, 0.25) is 0 Å². The molecule has 50 heavy (non-hydrogen) atoms. The van der Waals surface area contributed by atoms with Gasteiger partial charge in [0.1, 0.15) is 11.2 Å². The Hall–Kier alpha value is -6.43. The Morgan fingerprint density at radius 2 is 0.900 bits per heavy atom. The first-order valence-electron chi connectivity index (χ1n) is 16.6. The molecule has 0 unspecified atom stereocenters. The van der Waals surface area contributed by atoms with E-state index in [1.54, 1.807) is 0 Å². The molecular formula is C45H27N3OS. The van der Waals surface area contributed by atoms with Crippen LogP contribution in [0, 0.1) is 0 Å². The molecule has 0 atom stereocenters. The average Bonchev–Trinajstić information content (AvgIpc) is 3.77. The standard InChI is InChI=1S/C45H27N3OS/c1-3-12-28(13-4-1)29-22-24-31(25-23-29)44-46-43(30-14-5-2-6-15-30)47-45(48-44)36-27-26-33(41-34-16-7-9-19-37(34)49-42(36)41)32-18-11-21-39-40(32)35-17-8-10-20-38(35)50-39/h1-27H. The van der Waals surface area contributed by atoms with Gasteiger partial charge in [-0.2, -0.15) is 0 Å². The van der Waals surface area contributed by atoms with Crippen molar-refractivity contribution in [1.29, 1.82) is 0 Å². The number of nitrogens with zero attached hydrogens (tertiary/aromatic N) is 3. The first kappa shape index (κ1) is 28.6. The van der Waals surface area contributed by atoms with Crippen LogP contribution in [0.3, 0.4) is 0 Å². The van der Waals surface area contributed by atoms with Crippen LogP contribution < -0.4 is 0 Å². The van der Waals surface area contributed by atoms with Crippen molar-refractivity contribution in [3.8, 4) is 56.4 Å². The zero-order chi connectivity index (χ0) is 33.0.